The van der Waals surface area contributed by atoms with Crippen molar-refractivity contribution in [1.29, 1.82) is 0 Å². The van der Waals surface area contributed by atoms with Crippen LogP contribution in [0.5, 0.6) is 0 Å². The van der Waals surface area contributed by atoms with Crippen LogP contribution in [0.2, 0.25) is 0 Å². The summed E-state index contributed by atoms with van der Waals surface area (Å²) in [4.78, 5) is 38.3. The van der Waals surface area contributed by atoms with E-state index in [9.17, 15) is 14.4 Å². The zero-order valence-electron chi connectivity index (χ0n) is 12.1. The normalized spacial score (nSPS) is 25.3. The number of hydrogen-bond acceptors (Lipinski definition) is 4. The SMILES string of the molecule is O=C(CN1C(=O)CNC1=O)N1CCCC2(CCOCC2)C1. The number of nitrogens with one attached hydrogen (secondary N) is 1. The number of imide groups is 1. The van der Waals surface area contributed by atoms with Crippen LogP contribution in [0.4, 0.5) is 4.79 Å². The van der Waals surface area contributed by atoms with E-state index in [2.05, 4.69) is 5.32 Å². The van der Waals surface area contributed by atoms with Crippen LogP contribution < -0.4 is 5.32 Å². The summed E-state index contributed by atoms with van der Waals surface area (Å²) in [6.45, 7) is 2.80. The number of likely N-dealkylation sites (tertiary alicyclic amines) is 1. The van der Waals surface area contributed by atoms with Crippen molar-refractivity contribution in [2.75, 3.05) is 39.4 Å². The summed E-state index contributed by atoms with van der Waals surface area (Å²) in [6, 6.07) is -0.467. The molecule has 3 aliphatic rings. The van der Waals surface area contributed by atoms with Crippen LogP contribution in [-0.4, -0.2) is 67.0 Å². The molecule has 7 nitrogen and oxygen atoms in total. The van der Waals surface area contributed by atoms with Gasteiger partial charge in [-0.25, -0.2) is 4.79 Å². The van der Waals surface area contributed by atoms with E-state index >= 15 is 0 Å². The van der Waals surface area contributed by atoms with E-state index in [1.54, 1.807) is 0 Å². The lowest BCUT2D eigenvalue weighted by molar-refractivity contribution is -0.140. The molecular weight excluding hydrogens is 274 g/mol. The zero-order valence-corrected chi connectivity index (χ0v) is 12.1. The summed E-state index contributed by atoms with van der Waals surface area (Å²) < 4.78 is 5.42. The van der Waals surface area contributed by atoms with Crippen molar-refractivity contribution in [3.05, 3.63) is 0 Å². The standard InChI is InChI=1S/C14H21N3O4/c18-11-8-15-13(20)17(11)9-12(19)16-5-1-2-14(10-16)3-6-21-7-4-14/h1-10H2,(H,15,20). The number of urea groups is 1. The van der Waals surface area contributed by atoms with Crippen molar-refractivity contribution >= 4 is 17.8 Å². The zero-order chi connectivity index (χ0) is 14.9. The summed E-state index contributed by atoms with van der Waals surface area (Å²) in [5.41, 5.74) is 0.170. The van der Waals surface area contributed by atoms with E-state index in [1.807, 2.05) is 4.90 Å². The van der Waals surface area contributed by atoms with Crippen molar-refractivity contribution in [3.8, 4) is 0 Å². The molecule has 3 rings (SSSR count). The molecule has 0 aromatic heterocycles. The Bertz CT molecular complexity index is 438. The van der Waals surface area contributed by atoms with E-state index < -0.39 is 6.03 Å². The number of nitrogens with zero attached hydrogens (tertiary/aromatic N) is 2. The van der Waals surface area contributed by atoms with Gasteiger partial charge in [0.2, 0.25) is 5.91 Å². The molecule has 4 amide bonds. The van der Waals surface area contributed by atoms with Crippen molar-refractivity contribution in [1.82, 2.24) is 15.1 Å². The maximum atomic E-state index is 12.4. The Kier molecular flexibility index (Phi) is 3.84. The predicted molar refractivity (Wildman–Crippen MR) is 73.4 cm³/mol. The first-order chi connectivity index (χ1) is 10.1. The second-order valence-electron chi connectivity index (χ2n) is 6.17. The van der Waals surface area contributed by atoms with Crippen LogP contribution in [0.15, 0.2) is 0 Å². The molecule has 3 saturated heterocycles. The smallest absolute Gasteiger partial charge is 0.325 e. The summed E-state index contributed by atoms with van der Waals surface area (Å²) in [5.74, 6) is -0.461. The first-order valence-electron chi connectivity index (χ1n) is 7.53. The van der Waals surface area contributed by atoms with E-state index in [0.29, 0.717) is 6.54 Å². The minimum atomic E-state index is -0.467. The van der Waals surface area contributed by atoms with Gasteiger partial charge in [0.05, 0.1) is 6.54 Å². The first-order valence-corrected chi connectivity index (χ1v) is 7.53. The average molecular weight is 295 g/mol. The largest absolute Gasteiger partial charge is 0.381 e. The maximum Gasteiger partial charge on any atom is 0.325 e. The molecular formula is C14H21N3O4. The summed E-state index contributed by atoms with van der Waals surface area (Å²) >= 11 is 0. The Balaban J connectivity index is 1.61. The van der Waals surface area contributed by atoms with Gasteiger partial charge in [-0.3, -0.25) is 14.5 Å². The Morgan fingerprint density at radius 2 is 2.00 bits per heavy atom. The van der Waals surface area contributed by atoms with Gasteiger partial charge in [0, 0.05) is 26.3 Å². The molecule has 1 N–H and O–H groups in total. The molecule has 7 heteroatoms. The molecule has 0 bridgehead atoms. The molecule has 3 heterocycles. The molecule has 21 heavy (non-hydrogen) atoms. The molecule has 3 fully saturated rings. The van der Waals surface area contributed by atoms with Gasteiger partial charge in [0.25, 0.3) is 5.91 Å². The lowest BCUT2D eigenvalue weighted by atomic mass is 9.74. The van der Waals surface area contributed by atoms with Gasteiger partial charge in [0.1, 0.15) is 6.54 Å². The van der Waals surface area contributed by atoms with Gasteiger partial charge < -0.3 is 15.0 Å². The number of ether oxygens (including phenoxy) is 1. The number of carbonyl (C=O) groups excluding carboxylic acids is 3. The third-order valence-corrected chi connectivity index (χ3v) is 4.80. The third kappa shape index (κ3) is 2.88. The molecule has 0 aromatic rings. The number of amides is 4. The van der Waals surface area contributed by atoms with Crippen molar-refractivity contribution in [2.24, 2.45) is 5.41 Å². The second kappa shape index (κ2) is 5.63. The molecule has 0 aliphatic carbocycles. The molecule has 1 spiro atoms. The van der Waals surface area contributed by atoms with Gasteiger partial charge >= 0.3 is 6.03 Å². The van der Waals surface area contributed by atoms with Crippen LogP contribution in [0.3, 0.4) is 0 Å². The maximum absolute atomic E-state index is 12.4. The molecule has 0 unspecified atom stereocenters. The summed E-state index contributed by atoms with van der Waals surface area (Å²) in [5, 5.41) is 2.43. The Hall–Kier alpha value is -1.63. The lowest BCUT2D eigenvalue weighted by Crippen LogP contribution is -2.51. The quantitative estimate of drug-likeness (QED) is 0.725. The van der Waals surface area contributed by atoms with E-state index in [0.717, 1.165) is 50.3 Å². The van der Waals surface area contributed by atoms with Gasteiger partial charge in [-0.1, -0.05) is 0 Å². The van der Waals surface area contributed by atoms with Crippen molar-refractivity contribution in [3.63, 3.8) is 0 Å². The fraction of sp³-hybridized carbons (Fsp3) is 0.786. The van der Waals surface area contributed by atoms with Gasteiger partial charge in [0.15, 0.2) is 0 Å². The summed E-state index contributed by atoms with van der Waals surface area (Å²) in [7, 11) is 0. The topological polar surface area (TPSA) is 79.0 Å². The Morgan fingerprint density at radius 1 is 1.24 bits per heavy atom. The monoisotopic (exact) mass is 295 g/mol. The second-order valence-corrected chi connectivity index (χ2v) is 6.17. The average Bonchev–Trinajstić information content (AvgIpc) is 2.80. The Morgan fingerprint density at radius 3 is 2.67 bits per heavy atom. The minimum absolute atomic E-state index is 0.00656. The van der Waals surface area contributed by atoms with Crippen molar-refractivity contribution in [2.45, 2.75) is 25.7 Å². The molecule has 0 saturated carbocycles. The van der Waals surface area contributed by atoms with E-state index in [4.69, 9.17) is 4.74 Å². The van der Waals surface area contributed by atoms with Gasteiger partial charge in [-0.05, 0) is 31.1 Å². The van der Waals surface area contributed by atoms with Crippen LogP contribution in [-0.2, 0) is 14.3 Å². The molecule has 0 atom stereocenters. The highest BCUT2D eigenvalue weighted by Gasteiger charge is 2.39. The highest BCUT2D eigenvalue weighted by molar-refractivity contribution is 6.04. The number of piperidine rings is 1. The number of hydrogen-bond donors (Lipinski definition) is 1. The van der Waals surface area contributed by atoms with Gasteiger partial charge in [-0.2, -0.15) is 0 Å². The van der Waals surface area contributed by atoms with Crippen molar-refractivity contribution < 1.29 is 19.1 Å². The molecule has 0 radical (unpaired) electrons. The van der Waals surface area contributed by atoms with Crippen LogP contribution >= 0.6 is 0 Å². The third-order valence-electron chi connectivity index (χ3n) is 4.80. The van der Waals surface area contributed by atoms with Gasteiger partial charge in [-0.15, -0.1) is 0 Å². The summed E-state index contributed by atoms with van der Waals surface area (Å²) in [6.07, 6.45) is 4.08. The van der Waals surface area contributed by atoms with Crippen LogP contribution in [0.1, 0.15) is 25.7 Å². The van der Waals surface area contributed by atoms with E-state index in [1.165, 1.54) is 0 Å². The predicted octanol–water partition coefficient (Wildman–Crippen LogP) is -0.0426. The Labute approximate surface area is 123 Å². The van der Waals surface area contributed by atoms with Crippen LogP contribution in [0, 0.1) is 5.41 Å². The minimum Gasteiger partial charge on any atom is -0.381 e. The van der Waals surface area contributed by atoms with Crippen LogP contribution in [0.25, 0.3) is 0 Å². The molecule has 116 valence electrons. The highest BCUT2D eigenvalue weighted by Crippen LogP contribution is 2.39. The lowest BCUT2D eigenvalue weighted by Gasteiger charge is -2.45. The first kappa shape index (κ1) is 14.3. The van der Waals surface area contributed by atoms with E-state index in [-0.39, 0.29) is 30.3 Å². The number of carbonyl (C=O) groups is 3. The fourth-order valence-electron chi connectivity index (χ4n) is 3.48. The fourth-order valence-corrected chi connectivity index (χ4v) is 3.48. The molecule has 0 aromatic carbocycles. The number of rotatable bonds is 2. The molecule has 3 aliphatic heterocycles. The highest BCUT2D eigenvalue weighted by atomic mass is 16.5.